The Labute approximate surface area is 130 Å². The molecule has 0 bridgehead atoms. The maximum absolute atomic E-state index is 11.9. The second kappa shape index (κ2) is 5.98. The Balaban J connectivity index is 1.96. The van der Waals surface area contributed by atoms with E-state index in [1.807, 2.05) is 17.5 Å². The van der Waals surface area contributed by atoms with E-state index in [0.29, 0.717) is 23.2 Å². The van der Waals surface area contributed by atoms with Gasteiger partial charge in [-0.1, -0.05) is 6.07 Å². The first-order chi connectivity index (χ1) is 10.7. The number of rotatable bonds is 4. The van der Waals surface area contributed by atoms with Crippen LogP contribution in [0.1, 0.15) is 10.4 Å². The number of aliphatic imine (C=N–C) groups is 1. The fourth-order valence-electron chi connectivity index (χ4n) is 1.88. The zero-order chi connectivity index (χ0) is 15.5. The first-order valence-electron chi connectivity index (χ1n) is 6.36. The van der Waals surface area contributed by atoms with Crippen LogP contribution >= 0.6 is 11.3 Å². The van der Waals surface area contributed by atoms with Crippen molar-refractivity contribution in [2.24, 2.45) is 4.99 Å². The van der Waals surface area contributed by atoms with Crippen molar-refractivity contribution in [3.8, 4) is 11.8 Å². The molecule has 0 spiro atoms. The molecular weight excluding hydrogens is 304 g/mol. The fraction of sp³-hybridized carbons (Fsp3) is 0.133. The van der Waals surface area contributed by atoms with Gasteiger partial charge in [-0.15, -0.1) is 11.3 Å². The number of cyclic esters (lactones) is 1. The van der Waals surface area contributed by atoms with Gasteiger partial charge < -0.3 is 14.2 Å². The van der Waals surface area contributed by atoms with Gasteiger partial charge in [0.2, 0.25) is 17.7 Å². The van der Waals surface area contributed by atoms with Crippen LogP contribution in [0.2, 0.25) is 0 Å². The van der Waals surface area contributed by atoms with Gasteiger partial charge in [-0.2, -0.15) is 4.98 Å². The Bertz CT molecular complexity index is 766. The molecule has 3 heterocycles. The highest BCUT2D eigenvalue weighted by molar-refractivity contribution is 7.12. The Morgan fingerprint density at radius 2 is 2.09 bits per heavy atom. The summed E-state index contributed by atoms with van der Waals surface area (Å²) in [6.07, 6.45) is 1.58. The average molecular weight is 316 g/mol. The van der Waals surface area contributed by atoms with Crippen LogP contribution in [0.25, 0.3) is 6.08 Å². The van der Waals surface area contributed by atoms with E-state index in [0.717, 1.165) is 4.88 Å². The summed E-state index contributed by atoms with van der Waals surface area (Å²) in [5.74, 6) is 0.586. The minimum absolute atomic E-state index is 0.202. The maximum atomic E-state index is 11.9. The van der Waals surface area contributed by atoms with Gasteiger partial charge in [0.05, 0.1) is 19.1 Å². The zero-order valence-electron chi connectivity index (χ0n) is 11.9. The van der Waals surface area contributed by atoms with E-state index < -0.39 is 5.97 Å². The van der Waals surface area contributed by atoms with Gasteiger partial charge in [-0.05, 0) is 23.6 Å². The van der Waals surface area contributed by atoms with Crippen molar-refractivity contribution in [2.75, 3.05) is 14.2 Å². The van der Waals surface area contributed by atoms with E-state index in [1.54, 1.807) is 18.2 Å². The topological polar surface area (TPSA) is 70.0 Å². The van der Waals surface area contributed by atoms with E-state index in [1.165, 1.54) is 25.6 Å². The lowest BCUT2D eigenvalue weighted by atomic mass is 10.2. The molecule has 112 valence electrons. The first kappa shape index (κ1) is 14.3. The molecule has 7 heteroatoms. The van der Waals surface area contributed by atoms with Gasteiger partial charge >= 0.3 is 5.97 Å². The quantitative estimate of drug-likeness (QED) is 0.640. The van der Waals surface area contributed by atoms with E-state index >= 15 is 0 Å². The monoisotopic (exact) mass is 316 g/mol. The van der Waals surface area contributed by atoms with Gasteiger partial charge in [0.25, 0.3) is 0 Å². The molecule has 2 aromatic heterocycles. The third-order valence-corrected chi connectivity index (χ3v) is 3.77. The van der Waals surface area contributed by atoms with Gasteiger partial charge in [0.1, 0.15) is 0 Å². The van der Waals surface area contributed by atoms with Crippen LogP contribution in [0.3, 0.4) is 0 Å². The van der Waals surface area contributed by atoms with Crippen molar-refractivity contribution < 1.29 is 19.0 Å². The highest BCUT2D eigenvalue weighted by Gasteiger charge is 2.25. The Morgan fingerprint density at radius 1 is 1.23 bits per heavy atom. The third-order valence-electron chi connectivity index (χ3n) is 2.91. The molecule has 1 aliphatic rings. The van der Waals surface area contributed by atoms with Crippen LogP contribution in [0.15, 0.2) is 40.3 Å². The van der Waals surface area contributed by atoms with E-state index in [2.05, 4.69) is 9.98 Å². The lowest BCUT2D eigenvalue weighted by molar-refractivity contribution is -0.129. The summed E-state index contributed by atoms with van der Waals surface area (Å²) in [4.78, 5) is 21.1. The molecule has 2 aromatic rings. The van der Waals surface area contributed by atoms with Crippen LogP contribution in [0.4, 0.5) is 0 Å². The first-order valence-corrected chi connectivity index (χ1v) is 7.24. The normalized spacial score (nSPS) is 15.6. The van der Waals surface area contributed by atoms with Crippen LogP contribution in [0, 0.1) is 0 Å². The molecule has 0 saturated carbocycles. The number of pyridine rings is 1. The number of aromatic nitrogens is 1. The summed E-state index contributed by atoms with van der Waals surface area (Å²) >= 11 is 1.45. The number of hydrogen-bond acceptors (Lipinski definition) is 7. The molecule has 0 N–H and O–H groups in total. The minimum atomic E-state index is -0.499. The predicted molar refractivity (Wildman–Crippen MR) is 82.3 cm³/mol. The van der Waals surface area contributed by atoms with Crippen molar-refractivity contribution >= 4 is 29.3 Å². The molecule has 22 heavy (non-hydrogen) atoms. The molecule has 0 unspecified atom stereocenters. The molecule has 0 atom stereocenters. The van der Waals surface area contributed by atoms with Gasteiger partial charge in [0.15, 0.2) is 5.70 Å². The second-order valence-corrected chi connectivity index (χ2v) is 5.21. The molecular formula is C15H12N2O4S. The van der Waals surface area contributed by atoms with E-state index in [-0.39, 0.29) is 5.70 Å². The Kier molecular flexibility index (Phi) is 3.88. The number of carbonyl (C=O) groups excluding carboxylic acids is 1. The minimum Gasteiger partial charge on any atom is -0.481 e. The zero-order valence-corrected chi connectivity index (χ0v) is 12.7. The Hall–Kier alpha value is -2.67. The van der Waals surface area contributed by atoms with Gasteiger partial charge in [-0.3, -0.25) is 0 Å². The second-order valence-electron chi connectivity index (χ2n) is 4.27. The number of thiophene rings is 1. The molecule has 0 fully saturated rings. The predicted octanol–water partition coefficient (Wildman–Crippen LogP) is 2.50. The molecule has 0 saturated heterocycles. The van der Waals surface area contributed by atoms with Gasteiger partial charge in [-0.25, -0.2) is 9.79 Å². The smallest absolute Gasteiger partial charge is 0.363 e. The third kappa shape index (κ3) is 2.71. The summed E-state index contributed by atoms with van der Waals surface area (Å²) < 4.78 is 15.4. The van der Waals surface area contributed by atoms with Crippen LogP contribution < -0.4 is 9.47 Å². The highest BCUT2D eigenvalue weighted by atomic mass is 32.1. The molecule has 0 aliphatic carbocycles. The molecule has 0 radical (unpaired) electrons. The lowest BCUT2D eigenvalue weighted by Gasteiger charge is -2.05. The standard InChI is InChI=1S/C15H12N2O4S/c1-19-12-6-5-9(13(17-12)20-2)8-10-15(18)21-14(16-10)11-4-3-7-22-11/h3-8H,1-2H3/b10-8-. The lowest BCUT2D eigenvalue weighted by Crippen LogP contribution is -2.03. The van der Waals surface area contributed by atoms with Crippen LogP contribution in [-0.2, 0) is 9.53 Å². The number of hydrogen-bond donors (Lipinski definition) is 0. The fourth-order valence-corrected chi connectivity index (χ4v) is 2.53. The SMILES string of the molecule is COc1ccc(/C=C2\N=C(c3cccs3)OC2=O)c(OC)n1. The number of methoxy groups -OCH3 is 2. The maximum Gasteiger partial charge on any atom is 0.363 e. The largest absolute Gasteiger partial charge is 0.481 e. The van der Waals surface area contributed by atoms with Gasteiger partial charge in [0, 0.05) is 11.6 Å². The molecule has 0 aromatic carbocycles. The summed E-state index contributed by atoms with van der Waals surface area (Å²) in [6, 6.07) is 7.13. The number of ether oxygens (including phenoxy) is 3. The number of nitrogens with zero attached hydrogens (tertiary/aromatic N) is 2. The molecule has 1 aliphatic heterocycles. The van der Waals surface area contributed by atoms with Crippen molar-refractivity contribution in [2.45, 2.75) is 0 Å². The molecule has 0 amide bonds. The van der Waals surface area contributed by atoms with Crippen molar-refractivity contribution in [1.82, 2.24) is 4.98 Å². The molecule has 3 rings (SSSR count). The number of esters is 1. The van der Waals surface area contributed by atoms with Crippen molar-refractivity contribution in [1.29, 1.82) is 0 Å². The summed E-state index contributed by atoms with van der Waals surface area (Å²) in [6.45, 7) is 0. The Morgan fingerprint density at radius 3 is 2.77 bits per heavy atom. The van der Waals surface area contributed by atoms with Crippen molar-refractivity contribution in [3.05, 3.63) is 45.8 Å². The summed E-state index contributed by atoms with van der Waals surface area (Å²) in [5, 5.41) is 1.89. The van der Waals surface area contributed by atoms with E-state index in [9.17, 15) is 4.79 Å². The summed E-state index contributed by atoms with van der Waals surface area (Å²) in [7, 11) is 3.02. The van der Waals surface area contributed by atoms with Crippen LogP contribution in [-0.4, -0.2) is 31.1 Å². The number of carbonyl (C=O) groups is 1. The average Bonchev–Trinajstić information content (AvgIpc) is 3.18. The highest BCUT2D eigenvalue weighted by Crippen LogP contribution is 2.26. The van der Waals surface area contributed by atoms with E-state index in [4.69, 9.17) is 14.2 Å². The molecule has 6 nitrogen and oxygen atoms in total. The summed E-state index contributed by atoms with van der Waals surface area (Å²) in [5.41, 5.74) is 0.820. The van der Waals surface area contributed by atoms with Crippen molar-refractivity contribution in [3.63, 3.8) is 0 Å². The van der Waals surface area contributed by atoms with Crippen LogP contribution in [0.5, 0.6) is 11.8 Å².